The van der Waals surface area contributed by atoms with Crippen molar-refractivity contribution in [2.75, 3.05) is 19.8 Å². The van der Waals surface area contributed by atoms with Crippen LogP contribution in [-0.2, 0) is 33.4 Å². The van der Waals surface area contributed by atoms with Gasteiger partial charge in [0.1, 0.15) is 31.3 Å². The van der Waals surface area contributed by atoms with E-state index in [0.717, 1.165) is 33.0 Å². The molecule has 6 aromatic rings. The molecule has 0 atom stereocenters. The van der Waals surface area contributed by atoms with Gasteiger partial charge < -0.3 is 24.4 Å². The monoisotopic (exact) mass is 972 g/mol. The Bertz CT molecular complexity index is 2700. The maximum Gasteiger partial charge on any atom is 0.453 e. The molecule has 0 aromatic carbocycles. The van der Waals surface area contributed by atoms with Crippen LogP contribution in [0, 0.1) is 24.7 Å². The van der Waals surface area contributed by atoms with Gasteiger partial charge in [0, 0.05) is 73.9 Å². The number of nitrogens with zero attached hydrogens (tertiary/aromatic N) is 9. The Labute approximate surface area is 387 Å². The Morgan fingerprint density at radius 2 is 1.21 bits per heavy atom. The second-order valence-electron chi connectivity index (χ2n) is 18.1. The molecule has 0 unspecified atom stereocenters. The van der Waals surface area contributed by atoms with Gasteiger partial charge in [-0.1, -0.05) is 31.8 Å². The number of carbonyl (C=O) groups is 2. The smallest absolute Gasteiger partial charge is 0.453 e. The normalized spacial score (nSPS) is 12.3. The summed E-state index contributed by atoms with van der Waals surface area (Å²) < 4.78 is 95.6. The van der Waals surface area contributed by atoms with Crippen molar-refractivity contribution in [2.45, 2.75) is 86.3 Å². The summed E-state index contributed by atoms with van der Waals surface area (Å²) in [6.07, 6.45) is -3.18. The molecule has 0 saturated carbocycles. The molecule has 68 heavy (non-hydrogen) atoms. The molecular weight excluding hydrogens is 923 g/mol. The number of nitrogens with one attached hydrogen (secondary N) is 1. The largest absolute Gasteiger partial charge is 0.481 e. The summed E-state index contributed by atoms with van der Waals surface area (Å²) in [6.45, 7) is 16.6. The number of hydrogen-bond acceptors (Lipinski definition) is 13. The number of hydrogen-bond donors (Lipinski definition) is 3. The lowest BCUT2D eigenvalue weighted by Crippen LogP contribution is -2.30. The summed E-state index contributed by atoms with van der Waals surface area (Å²) >= 11 is 0. The summed E-state index contributed by atoms with van der Waals surface area (Å²) in [6, 6.07) is 10.7. The Balaban J connectivity index is 0.000000261. The van der Waals surface area contributed by atoms with Gasteiger partial charge in [-0.15, -0.1) is 5.10 Å². The number of rotatable bonds is 17. The van der Waals surface area contributed by atoms with E-state index < -0.39 is 54.8 Å². The first-order chi connectivity index (χ1) is 31.5. The zero-order valence-electron chi connectivity index (χ0n) is 38.5. The Morgan fingerprint density at radius 1 is 0.706 bits per heavy atom. The van der Waals surface area contributed by atoms with Crippen molar-refractivity contribution in [1.29, 1.82) is 0 Å². The number of alkyl halides is 6. The van der Waals surface area contributed by atoms with Crippen LogP contribution in [0.1, 0.15) is 50.5 Å². The predicted molar refractivity (Wildman–Crippen MR) is 237 cm³/mol. The van der Waals surface area contributed by atoms with E-state index in [9.17, 15) is 41.0 Å². The molecule has 0 aliphatic heterocycles. The third-order valence-corrected chi connectivity index (χ3v) is 11.7. The van der Waals surface area contributed by atoms with Crippen LogP contribution >= 0.6 is 0 Å². The molecule has 6 aromatic heterocycles. The molecule has 24 heteroatoms. The minimum Gasteiger partial charge on any atom is -0.481 e. The lowest BCUT2D eigenvalue weighted by Gasteiger charge is -2.19. The van der Waals surface area contributed by atoms with Crippen LogP contribution in [0.3, 0.4) is 0 Å². The van der Waals surface area contributed by atoms with Crippen LogP contribution in [0.25, 0.3) is 45.3 Å². The number of aliphatic carboxylic acids is 2. The Kier molecular flexibility index (Phi) is 15.8. The minimum absolute atomic E-state index is 0.0407. The maximum absolute atomic E-state index is 13.3. The summed E-state index contributed by atoms with van der Waals surface area (Å²) in [5, 5.41) is 27.4. The SMILES string of the molecule is Cc1cc(OCC(C)(C)C(=O)O)ncc1-c1ccc(-c2n[nH]c(C(F)(F)F)n2)nc1.Cc1cc(OCC(C)(C)C(=O)O)ncc1-c1ccc(-c2nc(C(F)(F)F)nn2COCC[Si](C)(C)C)nc1. The van der Waals surface area contributed by atoms with Gasteiger partial charge in [-0.25, -0.2) is 24.6 Å². The van der Waals surface area contributed by atoms with Crippen LogP contribution in [0.5, 0.6) is 11.8 Å². The van der Waals surface area contributed by atoms with Gasteiger partial charge in [0.2, 0.25) is 17.6 Å². The van der Waals surface area contributed by atoms with Gasteiger partial charge in [-0.3, -0.25) is 24.7 Å². The first-order valence-corrected chi connectivity index (χ1v) is 24.4. The number of halogens is 6. The quantitative estimate of drug-likeness (QED) is 0.0440. The van der Waals surface area contributed by atoms with Crippen molar-refractivity contribution in [3.05, 3.63) is 84.0 Å². The number of H-pyrrole nitrogens is 1. The van der Waals surface area contributed by atoms with E-state index in [0.29, 0.717) is 17.7 Å². The predicted octanol–water partition coefficient (Wildman–Crippen LogP) is 9.28. The third kappa shape index (κ3) is 13.9. The van der Waals surface area contributed by atoms with E-state index >= 15 is 0 Å². The highest BCUT2D eigenvalue weighted by Crippen LogP contribution is 2.32. The number of pyridine rings is 4. The van der Waals surface area contributed by atoms with Crippen LogP contribution in [0.4, 0.5) is 26.3 Å². The van der Waals surface area contributed by atoms with Gasteiger partial charge in [-0.05, 0) is 70.8 Å². The van der Waals surface area contributed by atoms with E-state index in [1.165, 1.54) is 18.5 Å². The lowest BCUT2D eigenvalue weighted by molar-refractivity contribution is -0.149. The molecule has 0 aliphatic rings. The first-order valence-electron chi connectivity index (χ1n) is 20.7. The van der Waals surface area contributed by atoms with E-state index in [1.807, 2.05) is 18.9 Å². The Morgan fingerprint density at radius 3 is 1.60 bits per heavy atom. The van der Waals surface area contributed by atoms with E-state index in [-0.39, 0.29) is 54.7 Å². The summed E-state index contributed by atoms with van der Waals surface area (Å²) in [5.74, 6) is -4.03. The van der Waals surface area contributed by atoms with Crippen LogP contribution in [0.2, 0.25) is 25.7 Å². The topological polar surface area (TPSA) is 226 Å². The highest BCUT2D eigenvalue weighted by atomic mass is 28.3. The zero-order valence-corrected chi connectivity index (χ0v) is 39.5. The van der Waals surface area contributed by atoms with Gasteiger partial charge in [0.15, 0.2) is 11.6 Å². The fourth-order valence-electron chi connectivity index (χ4n) is 5.60. The van der Waals surface area contributed by atoms with Gasteiger partial charge in [-0.2, -0.15) is 31.4 Å². The van der Waals surface area contributed by atoms with Gasteiger partial charge >= 0.3 is 24.3 Å². The van der Waals surface area contributed by atoms with Crippen molar-refractivity contribution < 1.29 is 60.4 Å². The van der Waals surface area contributed by atoms with Crippen molar-refractivity contribution in [3.63, 3.8) is 0 Å². The molecule has 17 nitrogen and oxygen atoms in total. The zero-order chi connectivity index (χ0) is 50.4. The van der Waals surface area contributed by atoms with Crippen molar-refractivity contribution in [3.8, 4) is 57.1 Å². The summed E-state index contributed by atoms with van der Waals surface area (Å²) in [7, 11) is -1.36. The number of aromatic nitrogens is 10. The fourth-order valence-corrected chi connectivity index (χ4v) is 6.36. The second-order valence-corrected chi connectivity index (χ2v) is 23.7. The van der Waals surface area contributed by atoms with Gasteiger partial charge in [0.25, 0.3) is 5.82 Å². The first kappa shape index (κ1) is 52.2. The van der Waals surface area contributed by atoms with E-state index in [1.54, 1.807) is 70.4 Å². The molecule has 0 saturated heterocycles. The third-order valence-electron chi connectivity index (χ3n) is 9.99. The molecule has 0 radical (unpaired) electrons. The van der Waals surface area contributed by atoms with Gasteiger partial charge in [0.05, 0.1) is 10.8 Å². The second kappa shape index (κ2) is 20.6. The van der Waals surface area contributed by atoms with Crippen molar-refractivity contribution >= 4 is 20.0 Å². The lowest BCUT2D eigenvalue weighted by atomic mass is 9.95. The highest BCUT2D eigenvalue weighted by Gasteiger charge is 2.38. The number of aryl methyl sites for hydroxylation is 2. The maximum atomic E-state index is 13.3. The Hall–Kier alpha value is -6.82. The number of aromatic amines is 1. The molecule has 0 fully saturated rings. The molecule has 364 valence electrons. The summed E-state index contributed by atoms with van der Waals surface area (Å²) in [4.78, 5) is 46.4. The van der Waals surface area contributed by atoms with Crippen molar-refractivity contribution in [1.82, 2.24) is 49.9 Å². The molecule has 0 spiro atoms. The van der Waals surface area contributed by atoms with E-state index in [2.05, 4.69) is 59.7 Å². The molecule has 3 N–H and O–H groups in total. The molecule has 0 amide bonds. The molecule has 0 aliphatic carbocycles. The molecule has 0 bridgehead atoms. The fraction of sp³-hybridized carbons (Fsp3) is 0.409. The molecule has 6 rings (SSSR count). The number of ether oxygens (including phenoxy) is 3. The average Bonchev–Trinajstić information content (AvgIpc) is 3.94. The highest BCUT2D eigenvalue weighted by molar-refractivity contribution is 6.76. The number of carboxylic acids is 2. The average molecular weight is 973 g/mol. The van der Waals surface area contributed by atoms with E-state index in [4.69, 9.17) is 19.3 Å². The van der Waals surface area contributed by atoms with Crippen LogP contribution in [0.15, 0.2) is 61.2 Å². The standard InChI is InChI=1S/C25H32F3N5O4Si.C19H18F3N5O3/c1-16-11-20(37-14-24(2,3)23(34)35)30-13-18(16)17-7-8-19(29-12-17)21-31-22(25(26,27)28)32-33(21)15-36-9-10-38(4,5)6;1-10-6-14(30-9-18(2,3)17(28)29)24-8-12(10)11-4-5-13(23-7-11)15-25-16(27-26-15)19(20,21)22/h7-8,11-13H,9-10,14-15H2,1-6H3,(H,34,35);4-8H,9H2,1-3H3,(H,28,29)(H,25,26,27). The van der Waals surface area contributed by atoms with Crippen molar-refractivity contribution in [2.24, 2.45) is 10.8 Å². The molecular formula is C44H50F6N10O7Si. The molecule has 6 heterocycles. The van der Waals surface area contributed by atoms with Crippen LogP contribution in [-0.4, -0.2) is 99.9 Å². The summed E-state index contributed by atoms with van der Waals surface area (Å²) in [5.41, 5.74) is 2.73. The number of carboxylic acid groups (broad SMARTS) is 2. The van der Waals surface area contributed by atoms with Crippen LogP contribution < -0.4 is 9.47 Å². The minimum atomic E-state index is -4.70.